The number of benzene rings is 4. The van der Waals surface area contributed by atoms with Gasteiger partial charge in [-0.2, -0.15) is 0 Å². The van der Waals surface area contributed by atoms with Gasteiger partial charge in [0.1, 0.15) is 18.1 Å². The number of amides is 1. The molecule has 184 valence electrons. The van der Waals surface area contributed by atoms with Crippen molar-refractivity contribution in [1.29, 1.82) is 0 Å². The molecule has 1 fully saturated rings. The Bertz CT molecular complexity index is 1350. The SMILES string of the molecule is COc1ccccc1-c1cccc(C(=O)Nc2ccc(OCCN3CCOCC3)c3ccccc23)c1. The first-order valence-corrected chi connectivity index (χ1v) is 12.2. The number of rotatable bonds is 8. The zero-order valence-electron chi connectivity index (χ0n) is 20.4. The monoisotopic (exact) mass is 482 g/mol. The van der Waals surface area contributed by atoms with E-state index in [4.69, 9.17) is 14.2 Å². The van der Waals surface area contributed by atoms with Gasteiger partial charge in [0.15, 0.2) is 0 Å². The van der Waals surface area contributed by atoms with Crippen LogP contribution in [-0.2, 0) is 4.74 Å². The van der Waals surface area contributed by atoms with E-state index in [1.165, 1.54) is 0 Å². The summed E-state index contributed by atoms with van der Waals surface area (Å²) < 4.78 is 17.1. The average molecular weight is 483 g/mol. The van der Waals surface area contributed by atoms with Crippen LogP contribution in [-0.4, -0.2) is 57.4 Å². The number of hydrogen-bond acceptors (Lipinski definition) is 5. The molecular formula is C30H30N2O4. The fraction of sp³-hybridized carbons (Fsp3) is 0.233. The molecule has 1 aliphatic rings. The normalized spacial score (nSPS) is 13.9. The Hall–Kier alpha value is -3.87. The maximum Gasteiger partial charge on any atom is 0.255 e. The molecule has 0 aliphatic carbocycles. The maximum absolute atomic E-state index is 13.2. The Morgan fingerprint density at radius 3 is 2.50 bits per heavy atom. The molecule has 36 heavy (non-hydrogen) atoms. The predicted octanol–water partition coefficient (Wildman–Crippen LogP) is 5.48. The van der Waals surface area contributed by atoms with Gasteiger partial charge >= 0.3 is 0 Å². The van der Waals surface area contributed by atoms with Gasteiger partial charge in [0.2, 0.25) is 0 Å². The molecule has 0 bridgehead atoms. The Kier molecular flexibility index (Phi) is 7.45. The number of nitrogens with one attached hydrogen (secondary N) is 1. The number of carbonyl (C=O) groups is 1. The second-order valence-electron chi connectivity index (χ2n) is 8.69. The number of hydrogen-bond donors (Lipinski definition) is 1. The molecule has 1 saturated heterocycles. The third kappa shape index (κ3) is 5.35. The van der Waals surface area contributed by atoms with Crippen LogP contribution in [0.15, 0.2) is 84.9 Å². The van der Waals surface area contributed by atoms with Crippen LogP contribution in [0.2, 0.25) is 0 Å². The van der Waals surface area contributed by atoms with Crippen molar-refractivity contribution in [2.24, 2.45) is 0 Å². The smallest absolute Gasteiger partial charge is 0.255 e. The summed E-state index contributed by atoms with van der Waals surface area (Å²) in [6.07, 6.45) is 0. The third-order valence-corrected chi connectivity index (χ3v) is 6.44. The lowest BCUT2D eigenvalue weighted by Gasteiger charge is -2.26. The maximum atomic E-state index is 13.2. The second kappa shape index (κ2) is 11.2. The van der Waals surface area contributed by atoms with Crippen molar-refractivity contribution in [3.8, 4) is 22.6 Å². The first-order chi connectivity index (χ1) is 17.7. The summed E-state index contributed by atoms with van der Waals surface area (Å²) in [5, 5.41) is 5.01. The van der Waals surface area contributed by atoms with Crippen molar-refractivity contribution >= 4 is 22.4 Å². The number of para-hydroxylation sites is 1. The highest BCUT2D eigenvalue weighted by Gasteiger charge is 2.14. The molecule has 1 amide bonds. The van der Waals surface area contributed by atoms with E-state index in [9.17, 15) is 4.79 Å². The topological polar surface area (TPSA) is 60.0 Å². The van der Waals surface area contributed by atoms with Crippen LogP contribution in [0.5, 0.6) is 11.5 Å². The highest BCUT2D eigenvalue weighted by Crippen LogP contribution is 2.33. The van der Waals surface area contributed by atoms with Crippen LogP contribution < -0.4 is 14.8 Å². The van der Waals surface area contributed by atoms with Crippen LogP contribution in [0.3, 0.4) is 0 Å². The number of nitrogens with zero attached hydrogens (tertiary/aromatic N) is 1. The van der Waals surface area contributed by atoms with E-state index in [-0.39, 0.29) is 5.91 Å². The summed E-state index contributed by atoms with van der Waals surface area (Å²) in [5.74, 6) is 1.41. The van der Waals surface area contributed by atoms with Gasteiger partial charge in [-0.1, -0.05) is 54.6 Å². The van der Waals surface area contributed by atoms with Gasteiger partial charge in [-0.05, 0) is 35.9 Å². The van der Waals surface area contributed by atoms with Gasteiger partial charge < -0.3 is 19.5 Å². The van der Waals surface area contributed by atoms with Gasteiger partial charge in [-0.3, -0.25) is 9.69 Å². The molecule has 0 radical (unpaired) electrons. The Morgan fingerprint density at radius 1 is 0.889 bits per heavy atom. The number of anilines is 1. The molecule has 4 aromatic carbocycles. The molecular weight excluding hydrogens is 452 g/mol. The lowest BCUT2D eigenvalue weighted by molar-refractivity contribution is 0.0323. The Morgan fingerprint density at radius 2 is 1.67 bits per heavy atom. The molecule has 4 aromatic rings. The molecule has 1 heterocycles. The predicted molar refractivity (Wildman–Crippen MR) is 143 cm³/mol. The van der Waals surface area contributed by atoms with Gasteiger partial charge in [0.25, 0.3) is 5.91 Å². The van der Waals surface area contributed by atoms with E-state index in [0.717, 1.165) is 71.9 Å². The van der Waals surface area contributed by atoms with Crippen molar-refractivity contribution < 1.29 is 19.0 Å². The van der Waals surface area contributed by atoms with Crippen LogP contribution in [0, 0.1) is 0 Å². The second-order valence-corrected chi connectivity index (χ2v) is 8.69. The summed E-state index contributed by atoms with van der Waals surface area (Å²) in [5.41, 5.74) is 3.19. The van der Waals surface area contributed by atoms with Crippen LogP contribution in [0.25, 0.3) is 21.9 Å². The number of ether oxygens (including phenoxy) is 3. The minimum absolute atomic E-state index is 0.169. The van der Waals surface area contributed by atoms with E-state index in [1.807, 2.05) is 84.9 Å². The van der Waals surface area contributed by atoms with Crippen molar-refractivity contribution in [2.45, 2.75) is 0 Å². The van der Waals surface area contributed by atoms with Crippen molar-refractivity contribution in [2.75, 3.05) is 51.9 Å². The summed E-state index contributed by atoms with van der Waals surface area (Å²) >= 11 is 0. The molecule has 0 saturated carbocycles. The molecule has 1 aliphatic heterocycles. The average Bonchev–Trinajstić information content (AvgIpc) is 2.94. The van der Waals surface area contributed by atoms with E-state index < -0.39 is 0 Å². The van der Waals surface area contributed by atoms with E-state index in [2.05, 4.69) is 10.2 Å². The van der Waals surface area contributed by atoms with Crippen molar-refractivity contribution in [1.82, 2.24) is 4.90 Å². The van der Waals surface area contributed by atoms with E-state index in [1.54, 1.807) is 7.11 Å². The van der Waals surface area contributed by atoms with Crippen LogP contribution in [0.1, 0.15) is 10.4 Å². The standard InChI is InChI=1S/C30H30N2O4/c1-34-28-12-5-4-9-24(28)22-7-6-8-23(21-22)30(33)31-27-13-14-29(26-11-3-2-10-25(26)27)36-20-17-32-15-18-35-19-16-32/h2-14,21H,15-20H2,1H3,(H,31,33). The molecule has 0 unspecified atom stereocenters. The van der Waals surface area contributed by atoms with Gasteiger partial charge in [0.05, 0.1) is 20.3 Å². The zero-order chi connectivity index (χ0) is 24.7. The molecule has 0 atom stereocenters. The summed E-state index contributed by atoms with van der Waals surface area (Å²) in [6.45, 7) is 4.89. The number of methoxy groups -OCH3 is 1. The lowest BCUT2D eigenvalue weighted by Crippen LogP contribution is -2.38. The molecule has 5 rings (SSSR count). The van der Waals surface area contributed by atoms with Gasteiger partial charge in [-0.25, -0.2) is 0 Å². The van der Waals surface area contributed by atoms with Crippen molar-refractivity contribution in [3.63, 3.8) is 0 Å². The zero-order valence-corrected chi connectivity index (χ0v) is 20.4. The van der Waals surface area contributed by atoms with Crippen molar-refractivity contribution in [3.05, 3.63) is 90.5 Å². The minimum Gasteiger partial charge on any atom is -0.496 e. The number of morpholine rings is 1. The summed E-state index contributed by atoms with van der Waals surface area (Å²) in [4.78, 5) is 15.6. The first-order valence-electron chi connectivity index (χ1n) is 12.2. The molecule has 6 nitrogen and oxygen atoms in total. The highest BCUT2D eigenvalue weighted by atomic mass is 16.5. The summed E-state index contributed by atoms with van der Waals surface area (Å²) in [7, 11) is 1.65. The Labute approximate surface area is 211 Å². The highest BCUT2D eigenvalue weighted by molar-refractivity contribution is 6.10. The first kappa shape index (κ1) is 23.9. The largest absolute Gasteiger partial charge is 0.496 e. The van der Waals surface area contributed by atoms with Gasteiger partial charge in [0, 0.05) is 47.2 Å². The minimum atomic E-state index is -0.169. The Balaban J connectivity index is 1.33. The molecule has 6 heteroatoms. The quantitative estimate of drug-likeness (QED) is 0.360. The molecule has 1 N–H and O–H groups in total. The number of carbonyl (C=O) groups excluding carboxylic acids is 1. The van der Waals surface area contributed by atoms with Crippen LogP contribution in [0.4, 0.5) is 5.69 Å². The molecule has 0 spiro atoms. The van der Waals surface area contributed by atoms with E-state index >= 15 is 0 Å². The van der Waals surface area contributed by atoms with Crippen LogP contribution >= 0.6 is 0 Å². The number of fused-ring (bicyclic) bond motifs is 1. The molecule has 0 aromatic heterocycles. The fourth-order valence-corrected chi connectivity index (χ4v) is 4.52. The van der Waals surface area contributed by atoms with E-state index in [0.29, 0.717) is 12.2 Å². The third-order valence-electron chi connectivity index (χ3n) is 6.44. The van der Waals surface area contributed by atoms with Gasteiger partial charge in [-0.15, -0.1) is 0 Å². The summed E-state index contributed by atoms with van der Waals surface area (Å²) in [6, 6.07) is 27.2. The lowest BCUT2D eigenvalue weighted by atomic mass is 10.0. The fourth-order valence-electron chi connectivity index (χ4n) is 4.52.